The molecule has 8 heteroatoms. The van der Waals surface area contributed by atoms with Gasteiger partial charge in [0.1, 0.15) is 5.82 Å². The fraction of sp³-hybridized carbons (Fsp3) is 0.500. The Morgan fingerprint density at radius 1 is 1.17 bits per heavy atom. The van der Waals surface area contributed by atoms with E-state index in [2.05, 4.69) is 27.9 Å². The number of rotatable bonds is 6. The number of carbonyl (C=O) groups excluding carboxylic acids is 1. The molecule has 0 radical (unpaired) electrons. The van der Waals surface area contributed by atoms with Crippen LogP contribution in [0.4, 0.5) is 16.3 Å². The van der Waals surface area contributed by atoms with Crippen molar-refractivity contribution in [1.29, 1.82) is 0 Å². The van der Waals surface area contributed by atoms with Crippen LogP contribution in [0.5, 0.6) is 0 Å². The highest BCUT2D eigenvalue weighted by atomic mass is 32.2. The van der Waals surface area contributed by atoms with Gasteiger partial charge in [-0.05, 0) is 56.2 Å². The molecule has 158 valence electrons. The van der Waals surface area contributed by atoms with Gasteiger partial charge in [-0.3, -0.25) is 0 Å². The van der Waals surface area contributed by atoms with Crippen molar-refractivity contribution in [2.24, 2.45) is 0 Å². The Morgan fingerprint density at radius 3 is 2.53 bits per heavy atom. The Morgan fingerprint density at radius 2 is 1.90 bits per heavy atom. The number of thioether (sulfide) groups is 1. The second kappa shape index (κ2) is 8.07. The predicted octanol–water partition coefficient (Wildman–Crippen LogP) is 3.62. The van der Waals surface area contributed by atoms with Gasteiger partial charge in [0, 0.05) is 36.4 Å². The number of aromatic nitrogens is 2. The monoisotopic (exact) mass is 425 g/mol. The molecule has 1 aromatic carbocycles. The summed E-state index contributed by atoms with van der Waals surface area (Å²) in [4.78, 5) is 24.1. The topological polar surface area (TPSA) is 79.4 Å². The van der Waals surface area contributed by atoms with E-state index >= 15 is 0 Å². The molecular weight excluding hydrogens is 398 g/mol. The fourth-order valence-corrected chi connectivity index (χ4v) is 4.54. The number of amides is 2. The van der Waals surface area contributed by atoms with Gasteiger partial charge in [0.25, 0.3) is 0 Å². The van der Waals surface area contributed by atoms with E-state index in [4.69, 9.17) is 14.7 Å². The van der Waals surface area contributed by atoms with Gasteiger partial charge in [-0.15, -0.1) is 0 Å². The minimum absolute atomic E-state index is 0.126. The van der Waals surface area contributed by atoms with Crippen LogP contribution >= 0.6 is 11.8 Å². The molecule has 2 aliphatic carbocycles. The van der Waals surface area contributed by atoms with Gasteiger partial charge in [0.2, 0.25) is 0 Å². The van der Waals surface area contributed by atoms with Crippen molar-refractivity contribution in [2.45, 2.75) is 36.5 Å². The van der Waals surface area contributed by atoms with Crippen LogP contribution in [0.2, 0.25) is 0 Å². The van der Waals surface area contributed by atoms with Crippen molar-refractivity contribution >= 4 is 29.3 Å². The van der Waals surface area contributed by atoms with Crippen molar-refractivity contribution in [1.82, 2.24) is 15.3 Å². The highest BCUT2D eigenvalue weighted by Crippen LogP contribution is 2.55. The Bertz CT molecular complexity index is 922. The highest BCUT2D eigenvalue weighted by molar-refractivity contribution is 7.99. The molecular formula is C22H27N5O2S. The lowest BCUT2D eigenvalue weighted by molar-refractivity contribution is 0.122. The average Bonchev–Trinajstić information content (AvgIpc) is 3.71. The number of anilines is 2. The van der Waals surface area contributed by atoms with Gasteiger partial charge >= 0.3 is 6.03 Å². The van der Waals surface area contributed by atoms with Crippen molar-refractivity contribution in [3.05, 3.63) is 36.0 Å². The van der Waals surface area contributed by atoms with Crippen LogP contribution in [-0.4, -0.2) is 54.6 Å². The first-order valence-corrected chi connectivity index (χ1v) is 11.8. The summed E-state index contributed by atoms with van der Waals surface area (Å²) < 4.78 is 5.64. The van der Waals surface area contributed by atoms with Crippen LogP contribution < -0.4 is 15.5 Å². The van der Waals surface area contributed by atoms with Gasteiger partial charge < -0.3 is 20.3 Å². The zero-order valence-electron chi connectivity index (χ0n) is 17.2. The first-order chi connectivity index (χ1) is 14.6. The van der Waals surface area contributed by atoms with E-state index in [1.165, 1.54) is 0 Å². The predicted molar refractivity (Wildman–Crippen MR) is 120 cm³/mol. The third kappa shape index (κ3) is 4.25. The number of nitrogens with zero attached hydrogens (tertiary/aromatic N) is 3. The number of hydrogen-bond acceptors (Lipinski definition) is 6. The molecule has 1 saturated heterocycles. The summed E-state index contributed by atoms with van der Waals surface area (Å²) >= 11 is 1.88. The molecule has 0 bridgehead atoms. The Labute approximate surface area is 181 Å². The van der Waals surface area contributed by atoms with Crippen molar-refractivity contribution < 1.29 is 9.53 Å². The van der Waals surface area contributed by atoms with E-state index in [0.717, 1.165) is 80.6 Å². The maximum atomic E-state index is 12.0. The van der Waals surface area contributed by atoms with Crippen molar-refractivity contribution in [2.75, 3.05) is 42.8 Å². The zero-order valence-corrected chi connectivity index (χ0v) is 18.0. The molecule has 1 aliphatic heterocycles. The van der Waals surface area contributed by atoms with Crippen LogP contribution in [0.1, 0.15) is 31.4 Å². The van der Waals surface area contributed by atoms with E-state index in [1.54, 1.807) is 0 Å². The lowest BCUT2D eigenvalue weighted by Gasteiger charge is -2.29. The lowest BCUT2D eigenvalue weighted by Crippen LogP contribution is -2.37. The molecule has 3 aliphatic rings. The number of benzene rings is 1. The third-order valence-corrected chi connectivity index (χ3v) is 7.32. The van der Waals surface area contributed by atoms with E-state index in [0.29, 0.717) is 6.04 Å². The van der Waals surface area contributed by atoms with E-state index in [-0.39, 0.29) is 10.8 Å². The second-order valence-corrected chi connectivity index (χ2v) is 9.37. The van der Waals surface area contributed by atoms with Crippen LogP contribution in [0.15, 0.2) is 30.3 Å². The van der Waals surface area contributed by atoms with Gasteiger partial charge in [0.05, 0.1) is 23.7 Å². The highest BCUT2D eigenvalue weighted by Gasteiger charge is 2.45. The van der Waals surface area contributed by atoms with Gasteiger partial charge in [0.15, 0.2) is 5.82 Å². The average molecular weight is 426 g/mol. The van der Waals surface area contributed by atoms with Gasteiger partial charge in [-0.25, -0.2) is 14.8 Å². The first-order valence-electron chi connectivity index (χ1n) is 10.6. The number of morpholine rings is 1. The van der Waals surface area contributed by atoms with Crippen LogP contribution in [0.25, 0.3) is 11.4 Å². The smallest absolute Gasteiger partial charge is 0.319 e. The fourth-order valence-electron chi connectivity index (χ4n) is 3.71. The van der Waals surface area contributed by atoms with E-state index in [9.17, 15) is 4.79 Å². The van der Waals surface area contributed by atoms with Crippen LogP contribution in [0.3, 0.4) is 0 Å². The first kappa shape index (κ1) is 19.6. The summed E-state index contributed by atoms with van der Waals surface area (Å²) in [6, 6.07) is 10.1. The molecule has 0 unspecified atom stereocenters. The third-order valence-electron chi connectivity index (χ3n) is 5.92. The van der Waals surface area contributed by atoms with Crippen molar-refractivity contribution in [3.63, 3.8) is 0 Å². The summed E-state index contributed by atoms with van der Waals surface area (Å²) in [5.41, 5.74) is 2.84. The van der Waals surface area contributed by atoms with E-state index < -0.39 is 0 Å². The molecule has 0 spiro atoms. The maximum absolute atomic E-state index is 12.0. The summed E-state index contributed by atoms with van der Waals surface area (Å²) in [7, 11) is 0. The SMILES string of the molecule is CSC1(c2cc(N3CCOCC3)nc(-c3ccc(NC(=O)NC4CC4)cc3)n2)CC1. The quantitative estimate of drug-likeness (QED) is 0.736. The Hall–Kier alpha value is -2.32. The molecule has 30 heavy (non-hydrogen) atoms. The van der Waals surface area contributed by atoms with Gasteiger partial charge in [-0.1, -0.05) is 0 Å². The Balaban J connectivity index is 1.40. The standard InChI is InChI=1S/C22H27N5O2S/c1-30-22(8-9-22)18-14-19(27-10-12-29-13-11-27)26-20(25-18)15-2-4-16(5-3-15)23-21(28)24-17-6-7-17/h2-5,14,17H,6-13H2,1H3,(H2,23,24,28). The molecule has 0 atom stereocenters. The lowest BCUT2D eigenvalue weighted by atomic mass is 10.1. The molecule has 2 aromatic rings. The molecule has 2 heterocycles. The van der Waals surface area contributed by atoms with E-state index in [1.807, 2.05) is 36.0 Å². The van der Waals surface area contributed by atoms with Crippen LogP contribution in [0, 0.1) is 0 Å². The zero-order chi connectivity index (χ0) is 20.6. The molecule has 7 nitrogen and oxygen atoms in total. The number of nitrogens with one attached hydrogen (secondary N) is 2. The Kier molecular flexibility index (Phi) is 5.28. The molecule has 2 saturated carbocycles. The molecule has 3 fully saturated rings. The summed E-state index contributed by atoms with van der Waals surface area (Å²) in [6.45, 7) is 3.15. The molecule has 2 amide bonds. The minimum Gasteiger partial charge on any atom is -0.378 e. The number of urea groups is 1. The second-order valence-electron chi connectivity index (χ2n) is 8.18. The normalized spacial score (nSPS) is 20.0. The maximum Gasteiger partial charge on any atom is 0.319 e. The summed E-state index contributed by atoms with van der Waals surface area (Å²) in [5.74, 6) is 1.72. The largest absolute Gasteiger partial charge is 0.378 e. The van der Waals surface area contributed by atoms with Crippen LogP contribution in [-0.2, 0) is 9.48 Å². The molecule has 2 N–H and O–H groups in total. The summed E-state index contributed by atoms with van der Waals surface area (Å²) in [5, 5.41) is 5.83. The van der Waals surface area contributed by atoms with Gasteiger partial charge in [-0.2, -0.15) is 11.8 Å². The molecule has 5 rings (SSSR count). The number of ether oxygens (including phenoxy) is 1. The minimum atomic E-state index is -0.145. The number of carbonyl (C=O) groups is 1. The molecule has 1 aromatic heterocycles. The summed E-state index contributed by atoms with van der Waals surface area (Å²) in [6.07, 6.45) is 6.63. The van der Waals surface area contributed by atoms with Crippen molar-refractivity contribution in [3.8, 4) is 11.4 Å². The number of hydrogen-bond donors (Lipinski definition) is 2.